The molecule has 0 aliphatic rings. The van der Waals surface area contributed by atoms with Crippen LogP contribution in [0.4, 0.5) is 5.69 Å². The lowest BCUT2D eigenvalue weighted by atomic mass is 10.2. The molecule has 0 unspecified atom stereocenters. The van der Waals surface area contributed by atoms with Gasteiger partial charge >= 0.3 is 0 Å². The Morgan fingerprint density at radius 2 is 1.62 bits per heavy atom. The van der Waals surface area contributed by atoms with Gasteiger partial charge in [-0.25, -0.2) is 8.42 Å². The number of rotatable bonds is 8. The van der Waals surface area contributed by atoms with Gasteiger partial charge in [0.25, 0.3) is 15.9 Å². The molecule has 0 aliphatic heterocycles. The topological polar surface area (TPSA) is 82.1 Å². The second-order valence-corrected chi connectivity index (χ2v) is 9.86. The van der Waals surface area contributed by atoms with Crippen LogP contribution in [0.5, 0.6) is 17.2 Å². The molecule has 0 saturated heterocycles. The van der Waals surface area contributed by atoms with Gasteiger partial charge in [0, 0.05) is 6.08 Å². The number of halogens is 2. The van der Waals surface area contributed by atoms with E-state index in [2.05, 4.69) is 15.9 Å². The molecule has 1 amide bonds. The molecule has 0 atom stereocenters. The van der Waals surface area contributed by atoms with Gasteiger partial charge in [-0.05, 0) is 70.0 Å². The summed E-state index contributed by atoms with van der Waals surface area (Å²) in [4.78, 5) is 13.2. The van der Waals surface area contributed by atoms with Crippen molar-refractivity contribution in [3.8, 4) is 17.2 Å². The Morgan fingerprint density at radius 3 is 2.21 bits per heavy atom. The molecule has 0 fully saturated rings. The number of nitrogens with zero attached hydrogens (tertiary/aromatic N) is 1. The highest BCUT2D eigenvalue weighted by atomic mass is 79.9. The van der Waals surface area contributed by atoms with Gasteiger partial charge in [-0.15, -0.1) is 0 Å². The number of ether oxygens (including phenoxy) is 3. The van der Waals surface area contributed by atoms with E-state index in [1.165, 1.54) is 57.7 Å². The fraction of sp³-hybridized carbons (Fsp3) is 0.125. The van der Waals surface area contributed by atoms with E-state index in [4.69, 9.17) is 25.8 Å². The van der Waals surface area contributed by atoms with Gasteiger partial charge < -0.3 is 14.2 Å². The fourth-order valence-corrected chi connectivity index (χ4v) is 5.41. The maximum absolute atomic E-state index is 13.4. The summed E-state index contributed by atoms with van der Waals surface area (Å²) >= 11 is 9.62. The molecule has 3 aromatic carbocycles. The van der Waals surface area contributed by atoms with Crippen molar-refractivity contribution in [2.75, 3.05) is 25.6 Å². The van der Waals surface area contributed by atoms with Crippen LogP contribution in [0.3, 0.4) is 0 Å². The average Bonchev–Trinajstić information content (AvgIpc) is 2.83. The van der Waals surface area contributed by atoms with Gasteiger partial charge in [-0.3, -0.25) is 4.79 Å². The number of benzene rings is 3. The van der Waals surface area contributed by atoms with Gasteiger partial charge in [0.15, 0.2) is 11.5 Å². The molecule has 0 heterocycles. The molecule has 3 rings (SSSR count). The predicted molar refractivity (Wildman–Crippen MR) is 135 cm³/mol. The molecule has 7 nitrogen and oxygen atoms in total. The average molecular weight is 567 g/mol. The van der Waals surface area contributed by atoms with E-state index in [0.29, 0.717) is 31.6 Å². The van der Waals surface area contributed by atoms with Gasteiger partial charge in [0.1, 0.15) is 5.75 Å². The molecule has 0 aromatic heterocycles. The number of hydrogen-bond acceptors (Lipinski definition) is 6. The number of methoxy groups -OCH3 is 3. The van der Waals surface area contributed by atoms with Crippen LogP contribution in [0.2, 0.25) is 5.02 Å². The van der Waals surface area contributed by atoms with E-state index in [0.717, 1.165) is 6.08 Å². The third-order valence-electron chi connectivity index (χ3n) is 4.73. The van der Waals surface area contributed by atoms with Crippen LogP contribution in [0.15, 0.2) is 76.1 Å². The Labute approximate surface area is 211 Å². The van der Waals surface area contributed by atoms with Crippen molar-refractivity contribution < 1.29 is 27.4 Å². The Morgan fingerprint density at radius 1 is 0.941 bits per heavy atom. The lowest BCUT2D eigenvalue weighted by Gasteiger charge is -2.22. The molecule has 0 bridgehead atoms. The standard InChI is InChI=1S/C24H21BrClNO6S/c1-31-21-11-10-17(15-20(21)26)27(34(29,30)18-7-5-4-6-8-18)23(28)12-9-16-13-19(25)24(33-3)22(14-16)32-2/h4-15H,1-3H3/b12-9+. The monoisotopic (exact) mass is 565 g/mol. The van der Waals surface area contributed by atoms with E-state index < -0.39 is 15.9 Å². The number of carbonyl (C=O) groups is 1. The fourth-order valence-electron chi connectivity index (χ4n) is 3.13. The number of anilines is 1. The van der Waals surface area contributed by atoms with Crippen molar-refractivity contribution in [1.29, 1.82) is 0 Å². The quantitative estimate of drug-likeness (QED) is 0.332. The highest BCUT2D eigenvalue weighted by molar-refractivity contribution is 9.10. The summed E-state index contributed by atoms with van der Waals surface area (Å²) in [5.74, 6) is 0.489. The van der Waals surface area contributed by atoms with Crippen molar-refractivity contribution in [3.63, 3.8) is 0 Å². The van der Waals surface area contributed by atoms with Crippen molar-refractivity contribution in [2.24, 2.45) is 0 Å². The SMILES string of the molecule is COc1ccc(N(C(=O)/C=C/c2cc(Br)c(OC)c(OC)c2)S(=O)(=O)c2ccccc2)cc1Cl. The van der Waals surface area contributed by atoms with Gasteiger partial charge in [-0.1, -0.05) is 29.8 Å². The van der Waals surface area contributed by atoms with Gasteiger partial charge in [0.05, 0.1) is 41.4 Å². The molecular formula is C24H21BrClNO6S. The second-order valence-electron chi connectivity index (χ2n) is 6.81. The van der Waals surface area contributed by atoms with E-state index in [1.54, 1.807) is 30.3 Å². The van der Waals surface area contributed by atoms with Crippen LogP contribution < -0.4 is 18.5 Å². The maximum Gasteiger partial charge on any atom is 0.271 e. The lowest BCUT2D eigenvalue weighted by molar-refractivity contribution is -0.113. The van der Waals surface area contributed by atoms with Crippen LogP contribution in [0.1, 0.15) is 5.56 Å². The molecule has 0 radical (unpaired) electrons. The van der Waals surface area contributed by atoms with Gasteiger partial charge in [0.2, 0.25) is 0 Å². The van der Waals surface area contributed by atoms with Crippen molar-refractivity contribution in [2.45, 2.75) is 4.90 Å². The smallest absolute Gasteiger partial charge is 0.271 e. The minimum Gasteiger partial charge on any atom is -0.495 e. The molecule has 0 spiro atoms. The minimum absolute atomic E-state index is 0.0439. The summed E-state index contributed by atoms with van der Waals surface area (Å²) in [6.45, 7) is 0. The Hall–Kier alpha value is -3.01. The first kappa shape index (κ1) is 25.6. The van der Waals surface area contributed by atoms with Gasteiger partial charge in [-0.2, -0.15) is 4.31 Å². The Kier molecular flexibility index (Phi) is 8.24. The number of sulfonamides is 1. The first-order valence-electron chi connectivity index (χ1n) is 9.80. The summed E-state index contributed by atoms with van der Waals surface area (Å²) in [5, 5.41) is 0.161. The summed E-state index contributed by atoms with van der Waals surface area (Å²) < 4.78 is 43.9. The third kappa shape index (κ3) is 5.38. The lowest BCUT2D eigenvalue weighted by Crippen LogP contribution is -2.35. The third-order valence-corrected chi connectivity index (χ3v) is 7.35. The summed E-state index contributed by atoms with van der Waals surface area (Å²) in [5.41, 5.74) is 0.653. The largest absolute Gasteiger partial charge is 0.495 e. The van der Waals surface area contributed by atoms with Crippen molar-refractivity contribution in [1.82, 2.24) is 0 Å². The first-order valence-corrected chi connectivity index (χ1v) is 12.4. The number of hydrogen-bond donors (Lipinski definition) is 0. The first-order chi connectivity index (χ1) is 16.2. The molecule has 0 aliphatic carbocycles. The number of amides is 1. The molecule has 3 aromatic rings. The minimum atomic E-state index is -4.25. The van der Waals surface area contributed by atoms with Crippen molar-refractivity contribution in [3.05, 3.63) is 81.8 Å². The molecule has 10 heteroatoms. The van der Waals surface area contributed by atoms with E-state index in [9.17, 15) is 13.2 Å². The zero-order chi connectivity index (χ0) is 24.9. The van der Waals surface area contributed by atoms with E-state index in [-0.39, 0.29) is 15.6 Å². The highest BCUT2D eigenvalue weighted by Crippen LogP contribution is 2.37. The molecule has 0 saturated carbocycles. The zero-order valence-corrected chi connectivity index (χ0v) is 21.6. The number of carbonyl (C=O) groups excluding carboxylic acids is 1. The molecule has 178 valence electrons. The zero-order valence-electron chi connectivity index (χ0n) is 18.5. The summed E-state index contributed by atoms with van der Waals surface area (Å²) in [6, 6.07) is 15.3. The van der Waals surface area contributed by atoms with Crippen LogP contribution in [0.25, 0.3) is 6.08 Å². The Balaban J connectivity index is 2.07. The van der Waals surface area contributed by atoms with E-state index >= 15 is 0 Å². The van der Waals surface area contributed by atoms with Crippen molar-refractivity contribution >= 4 is 55.2 Å². The molecule has 34 heavy (non-hydrogen) atoms. The van der Waals surface area contributed by atoms with Crippen LogP contribution in [0, 0.1) is 0 Å². The van der Waals surface area contributed by atoms with E-state index in [1.807, 2.05) is 0 Å². The van der Waals surface area contributed by atoms with Crippen LogP contribution in [-0.4, -0.2) is 35.7 Å². The Bertz CT molecular complexity index is 1330. The summed E-state index contributed by atoms with van der Waals surface area (Å²) in [6.07, 6.45) is 2.64. The molecular weight excluding hydrogens is 546 g/mol. The normalized spacial score (nSPS) is 11.3. The molecule has 0 N–H and O–H groups in total. The van der Waals surface area contributed by atoms with Crippen LogP contribution in [-0.2, 0) is 14.8 Å². The highest BCUT2D eigenvalue weighted by Gasteiger charge is 2.30. The summed E-state index contributed by atoms with van der Waals surface area (Å²) in [7, 11) is 0.191. The second kappa shape index (κ2) is 10.9. The maximum atomic E-state index is 13.4. The predicted octanol–water partition coefficient (Wildman–Crippen LogP) is 5.56. The van der Waals surface area contributed by atoms with Crippen LogP contribution >= 0.6 is 27.5 Å².